The summed E-state index contributed by atoms with van der Waals surface area (Å²) in [6.45, 7) is 8.87. The minimum absolute atomic E-state index is 0.0204. The summed E-state index contributed by atoms with van der Waals surface area (Å²) in [6, 6.07) is 3.68. The molecule has 1 N–H and O–H groups in total. The highest BCUT2D eigenvalue weighted by Crippen LogP contribution is 2.14. The third-order valence-corrected chi connectivity index (χ3v) is 3.65. The maximum absolute atomic E-state index is 12.2. The third kappa shape index (κ3) is 6.70. The van der Waals surface area contributed by atoms with Gasteiger partial charge in [-0.2, -0.15) is 0 Å². The lowest BCUT2D eigenvalue weighted by atomic mass is 10.1. The molecule has 0 atom stereocenters. The average molecular weight is 349 g/mol. The van der Waals surface area contributed by atoms with Crippen molar-refractivity contribution in [3.05, 3.63) is 23.9 Å². The molecular formula is C18H27N3O4. The molecule has 1 aromatic heterocycles. The number of pyridine rings is 1. The Balaban J connectivity index is 1.72. The molecule has 138 valence electrons. The van der Waals surface area contributed by atoms with E-state index in [2.05, 4.69) is 15.2 Å². The number of hydrogen-bond donors (Lipinski definition) is 1. The molecule has 0 saturated carbocycles. The fourth-order valence-corrected chi connectivity index (χ4v) is 2.43. The van der Waals surface area contributed by atoms with Crippen LogP contribution in [0.2, 0.25) is 0 Å². The van der Waals surface area contributed by atoms with Gasteiger partial charge in [0, 0.05) is 37.8 Å². The number of hydrogen-bond acceptors (Lipinski definition) is 6. The summed E-state index contributed by atoms with van der Waals surface area (Å²) in [5, 5.41) is 2.65. The van der Waals surface area contributed by atoms with Crippen molar-refractivity contribution in [3.63, 3.8) is 0 Å². The Bertz CT molecular complexity index is 575. The fourth-order valence-electron chi connectivity index (χ4n) is 2.43. The first-order chi connectivity index (χ1) is 11.8. The Hall–Kier alpha value is -2.15. The Labute approximate surface area is 148 Å². The maximum atomic E-state index is 12.2. The highest BCUT2D eigenvalue weighted by molar-refractivity contribution is 5.95. The number of ketones is 1. The second kappa shape index (κ2) is 8.80. The number of anilines is 1. The molecule has 7 heteroatoms. The van der Waals surface area contributed by atoms with Crippen LogP contribution in [0.5, 0.6) is 0 Å². The van der Waals surface area contributed by atoms with E-state index in [0.717, 1.165) is 18.9 Å². The van der Waals surface area contributed by atoms with Gasteiger partial charge < -0.3 is 19.7 Å². The first kappa shape index (κ1) is 19.2. The van der Waals surface area contributed by atoms with Gasteiger partial charge in [-0.25, -0.2) is 9.78 Å². The van der Waals surface area contributed by atoms with Crippen LogP contribution in [0.15, 0.2) is 18.3 Å². The average Bonchev–Trinajstić information content (AvgIpc) is 2.58. The summed E-state index contributed by atoms with van der Waals surface area (Å²) in [4.78, 5) is 30.2. The van der Waals surface area contributed by atoms with Crippen LogP contribution in [0.4, 0.5) is 10.6 Å². The highest BCUT2D eigenvalue weighted by atomic mass is 16.6. The van der Waals surface area contributed by atoms with Gasteiger partial charge in [-0.15, -0.1) is 0 Å². The monoisotopic (exact) mass is 349 g/mol. The molecule has 2 rings (SSSR count). The van der Waals surface area contributed by atoms with Crippen molar-refractivity contribution < 1.29 is 19.1 Å². The Kier molecular flexibility index (Phi) is 6.75. The number of carbonyl (C=O) groups is 2. The number of morpholine rings is 1. The molecule has 7 nitrogen and oxygen atoms in total. The zero-order valence-corrected chi connectivity index (χ0v) is 15.2. The van der Waals surface area contributed by atoms with Crippen molar-refractivity contribution in [2.75, 3.05) is 37.7 Å². The van der Waals surface area contributed by atoms with Crippen LogP contribution in [0.1, 0.15) is 44.0 Å². The van der Waals surface area contributed by atoms with E-state index in [0.29, 0.717) is 38.2 Å². The molecule has 2 heterocycles. The fraction of sp³-hybridized carbons (Fsp3) is 0.611. The van der Waals surface area contributed by atoms with Crippen molar-refractivity contribution in [2.24, 2.45) is 0 Å². The number of carbonyl (C=O) groups excluding carboxylic acids is 2. The van der Waals surface area contributed by atoms with E-state index in [1.807, 2.05) is 26.8 Å². The lowest BCUT2D eigenvalue weighted by Gasteiger charge is -2.27. The summed E-state index contributed by atoms with van der Waals surface area (Å²) in [6.07, 6.45) is 2.07. The van der Waals surface area contributed by atoms with Gasteiger partial charge in [0.1, 0.15) is 11.4 Å². The summed E-state index contributed by atoms with van der Waals surface area (Å²) in [5.41, 5.74) is 0.0719. The summed E-state index contributed by atoms with van der Waals surface area (Å²) < 4.78 is 10.5. The summed E-state index contributed by atoms with van der Waals surface area (Å²) in [7, 11) is 0. The number of Topliss-reactive ketones (excluding diaryl/α,β-unsaturated/α-hetero) is 1. The first-order valence-corrected chi connectivity index (χ1v) is 8.64. The van der Waals surface area contributed by atoms with E-state index in [1.165, 1.54) is 0 Å². The standard InChI is InChI=1S/C18H27N3O4/c1-18(2,3)25-17(23)19-8-4-5-15(22)14-6-7-16(20-13-14)21-9-11-24-12-10-21/h6-7,13H,4-5,8-12H2,1-3H3,(H,19,23). The van der Waals surface area contributed by atoms with Crippen LogP contribution in [-0.2, 0) is 9.47 Å². The molecule has 1 saturated heterocycles. The van der Waals surface area contributed by atoms with Crippen LogP contribution >= 0.6 is 0 Å². The van der Waals surface area contributed by atoms with Crippen molar-refractivity contribution in [3.8, 4) is 0 Å². The smallest absolute Gasteiger partial charge is 0.407 e. The molecule has 1 aliphatic heterocycles. The zero-order chi connectivity index (χ0) is 18.3. The van der Waals surface area contributed by atoms with E-state index < -0.39 is 11.7 Å². The molecular weight excluding hydrogens is 322 g/mol. The Morgan fingerprint density at radius 2 is 2.00 bits per heavy atom. The summed E-state index contributed by atoms with van der Waals surface area (Å²) >= 11 is 0. The van der Waals surface area contributed by atoms with Crippen molar-refractivity contribution in [2.45, 2.75) is 39.2 Å². The molecule has 1 aromatic rings. The SMILES string of the molecule is CC(C)(C)OC(=O)NCCCC(=O)c1ccc(N2CCOCC2)nc1. The van der Waals surface area contributed by atoms with Gasteiger partial charge in [0.15, 0.2) is 5.78 Å². The molecule has 0 aromatic carbocycles. The van der Waals surface area contributed by atoms with Gasteiger partial charge in [0.25, 0.3) is 0 Å². The van der Waals surface area contributed by atoms with Gasteiger partial charge in [-0.05, 0) is 39.3 Å². The van der Waals surface area contributed by atoms with Gasteiger partial charge in [0.2, 0.25) is 0 Å². The number of aromatic nitrogens is 1. The number of amides is 1. The van der Waals surface area contributed by atoms with Gasteiger partial charge in [-0.3, -0.25) is 4.79 Å². The predicted molar refractivity (Wildman–Crippen MR) is 95.1 cm³/mol. The molecule has 25 heavy (non-hydrogen) atoms. The molecule has 1 aliphatic rings. The lowest BCUT2D eigenvalue weighted by Crippen LogP contribution is -2.36. The predicted octanol–water partition coefficient (Wildman–Crippen LogP) is 2.41. The van der Waals surface area contributed by atoms with Crippen LogP contribution in [0.3, 0.4) is 0 Å². The van der Waals surface area contributed by atoms with E-state index in [9.17, 15) is 9.59 Å². The van der Waals surface area contributed by atoms with Crippen molar-refractivity contribution in [1.29, 1.82) is 0 Å². The maximum Gasteiger partial charge on any atom is 0.407 e. The Morgan fingerprint density at radius 3 is 2.60 bits per heavy atom. The largest absolute Gasteiger partial charge is 0.444 e. The minimum Gasteiger partial charge on any atom is -0.444 e. The normalized spacial score (nSPS) is 14.9. The number of alkyl carbamates (subject to hydrolysis) is 1. The van der Waals surface area contributed by atoms with Gasteiger partial charge in [-0.1, -0.05) is 0 Å². The van der Waals surface area contributed by atoms with Crippen LogP contribution in [0, 0.1) is 0 Å². The van der Waals surface area contributed by atoms with Crippen LogP contribution in [-0.4, -0.2) is 55.3 Å². The molecule has 0 unspecified atom stereocenters. The van der Waals surface area contributed by atoms with Gasteiger partial charge in [0.05, 0.1) is 13.2 Å². The van der Waals surface area contributed by atoms with E-state index in [-0.39, 0.29) is 5.78 Å². The first-order valence-electron chi connectivity index (χ1n) is 8.64. The Morgan fingerprint density at radius 1 is 1.28 bits per heavy atom. The van der Waals surface area contributed by atoms with E-state index >= 15 is 0 Å². The van der Waals surface area contributed by atoms with Crippen molar-refractivity contribution in [1.82, 2.24) is 10.3 Å². The van der Waals surface area contributed by atoms with Crippen LogP contribution < -0.4 is 10.2 Å². The minimum atomic E-state index is -0.520. The number of ether oxygens (including phenoxy) is 2. The highest BCUT2D eigenvalue weighted by Gasteiger charge is 2.16. The molecule has 0 spiro atoms. The third-order valence-electron chi connectivity index (χ3n) is 3.65. The molecule has 1 amide bonds. The molecule has 0 aliphatic carbocycles. The van der Waals surface area contributed by atoms with Crippen LogP contribution in [0.25, 0.3) is 0 Å². The van der Waals surface area contributed by atoms with Crippen molar-refractivity contribution >= 4 is 17.7 Å². The second-order valence-corrected chi connectivity index (χ2v) is 6.96. The number of rotatable bonds is 6. The second-order valence-electron chi connectivity index (χ2n) is 6.96. The molecule has 1 fully saturated rings. The quantitative estimate of drug-likeness (QED) is 0.627. The lowest BCUT2D eigenvalue weighted by molar-refractivity contribution is 0.0525. The topological polar surface area (TPSA) is 80.8 Å². The molecule has 0 bridgehead atoms. The van der Waals surface area contributed by atoms with Gasteiger partial charge >= 0.3 is 6.09 Å². The van der Waals surface area contributed by atoms with E-state index in [4.69, 9.17) is 9.47 Å². The van der Waals surface area contributed by atoms with E-state index in [1.54, 1.807) is 12.3 Å². The number of nitrogens with one attached hydrogen (secondary N) is 1. The number of nitrogens with zero attached hydrogens (tertiary/aromatic N) is 2. The molecule has 0 radical (unpaired) electrons. The summed E-state index contributed by atoms with van der Waals surface area (Å²) in [5.74, 6) is 0.887. The zero-order valence-electron chi connectivity index (χ0n) is 15.2.